The van der Waals surface area contributed by atoms with Crippen molar-refractivity contribution in [1.82, 2.24) is 19.7 Å². The van der Waals surface area contributed by atoms with Gasteiger partial charge in [-0.05, 0) is 76.0 Å². The molecule has 2 aliphatic rings. The zero-order chi connectivity index (χ0) is 37.4. The number of nitrogens with one attached hydrogen (secondary N) is 1. The van der Waals surface area contributed by atoms with Crippen LogP contribution >= 0.6 is 0 Å². The van der Waals surface area contributed by atoms with Gasteiger partial charge in [-0.1, -0.05) is 86.6 Å². The number of amides is 1. The molecule has 0 saturated heterocycles. The zero-order valence-electron chi connectivity index (χ0n) is 32.7. The summed E-state index contributed by atoms with van der Waals surface area (Å²) in [4.78, 5) is 38.0. The van der Waals surface area contributed by atoms with Gasteiger partial charge >= 0.3 is 0 Å². The molecule has 8 nitrogen and oxygen atoms in total. The number of carbonyl (C=O) groups is 2. The highest BCUT2D eigenvalue weighted by atomic mass is 16.5. The molecule has 1 N–H and O–H groups in total. The number of benzene rings is 1. The van der Waals surface area contributed by atoms with Gasteiger partial charge in [-0.25, -0.2) is 4.68 Å². The topological polar surface area (TPSA) is 97.3 Å². The summed E-state index contributed by atoms with van der Waals surface area (Å²) >= 11 is 0. The van der Waals surface area contributed by atoms with Crippen LogP contribution in [0.1, 0.15) is 137 Å². The van der Waals surface area contributed by atoms with E-state index in [-0.39, 0.29) is 5.43 Å². The van der Waals surface area contributed by atoms with E-state index >= 15 is 0 Å². The molecule has 3 aromatic rings. The van der Waals surface area contributed by atoms with Crippen LogP contribution in [-0.4, -0.2) is 52.6 Å². The molecule has 2 fully saturated rings. The predicted molar refractivity (Wildman–Crippen MR) is 208 cm³/mol. The first-order chi connectivity index (χ1) is 23.4. The largest absolute Gasteiger partial charge is 0.496 e. The molecule has 0 unspecified atom stereocenters. The number of hydrogen-bond acceptors (Lipinski definition) is 5. The van der Waals surface area contributed by atoms with Gasteiger partial charge in [0.25, 0.3) is 0 Å². The van der Waals surface area contributed by atoms with E-state index in [4.69, 9.17) is 4.74 Å². The Labute approximate surface area is 297 Å². The van der Waals surface area contributed by atoms with Gasteiger partial charge in [-0.2, -0.15) is 5.10 Å². The maximum atomic E-state index is 12.4. The van der Waals surface area contributed by atoms with Crippen LogP contribution < -0.4 is 10.2 Å². The molecule has 2 saturated carbocycles. The van der Waals surface area contributed by atoms with Crippen molar-refractivity contribution in [3.8, 4) is 11.6 Å². The summed E-state index contributed by atoms with van der Waals surface area (Å²) in [5.41, 5.74) is 2.65. The van der Waals surface area contributed by atoms with Crippen molar-refractivity contribution in [2.24, 2.45) is 11.8 Å². The number of nitrogens with zero attached hydrogens (tertiary/aromatic N) is 3. The summed E-state index contributed by atoms with van der Waals surface area (Å²) in [7, 11) is 3.42. The highest BCUT2D eigenvalue weighted by Gasteiger charge is 2.18. The van der Waals surface area contributed by atoms with Crippen molar-refractivity contribution in [3.05, 3.63) is 64.6 Å². The van der Waals surface area contributed by atoms with Gasteiger partial charge in [-0.3, -0.25) is 14.4 Å². The fraction of sp³-hybridized carbons (Fsp3) is 0.610. The average Bonchev–Trinajstić information content (AvgIpc) is 3.50. The van der Waals surface area contributed by atoms with E-state index in [0.717, 1.165) is 73.5 Å². The van der Waals surface area contributed by atoms with Crippen LogP contribution in [0.25, 0.3) is 16.7 Å². The number of aromatic nitrogens is 3. The Balaban J connectivity index is 0.000000705. The van der Waals surface area contributed by atoms with Gasteiger partial charge in [0.15, 0.2) is 5.43 Å². The number of ketones is 1. The maximum Gasteiger partial charge on any atom is 0.209 e. The zero-order valence-corrected chi connectivity index (χ0v) is 32.7. The predicted octanol–water partition coefficient (Wildman–Crippen LogP) is 10.2. The Kier molecular flexibility index (Phi) is 24.3. The molecule has 1 aromatic carbocycles. The summed E-state index contributed by atoms with van der Waals surface area (Å²) in [5.74, 6) is 3.65. The van der Waals surface area contributed by atoms with Gasteiger partial charge in [0, 0.05) is 42.7 Å². The minimum absolute atomic E-state index is 0.0314. The third-order valence-electron chi connectivity index (χ3n) is 8.01. The van der Waals surface area contributed by atoms with Gasteiger partial charge in [0.2, 0.25) is 6.41 Å². The number of allylic oxidation sites excluding steroid dienone is 1. The Hall–Kier alpha value is -3.68. The summed E-state index contributed by atoms with van der Waals surface area (Å²) in [6, 6.07) is 7.14. The molecule has 2 aliphatic carbocycles. The maximum absolute atomic E-state index is 12.4. The quantitative estimate of drug-likeness (QED) is 0.131. The van der Waals surface area contributed by atoms with Crippen LogP contribution in [0, 0.1) is 18.8 Å². The second-order valence-electron chi connectivity index (χ2n) is 13.0. The third kappa shape index (κ3) is 18.0. The van der Waals surface area contributed by atoms with Crippen molar-refractivity contribution in [2.75, 3.05) is 20.7 Å². The Morgan fingerprint density at radius 2 is 1.71 bits per heavy atom. The van der Waals surface area contributed by atoms with Crippen molar-refractivity contribution >= 4 is 23.1 Å². The first-order valence-corrected chi connectivity index (χ1v) is 18.5. The minimum atomic E-state index is -0.0314. The molecular weight excluding hydrogens is 612 g/mol. The smallest absolute Gasteiger partial charge is 0.209 e. The monoisotopic (exact) mass is 681 g/mol. The minimum Gasteiger partial charge on any atom is -0.496 e. The molecule has 2 heterocycles. The van der Waals surface area contributed by atoms with Gasteiger partial charge in [0.1, 0.15) is 17.4 Å². The Morgan fingerprint density at radius 1 is 1.12 bits per heavy atom. The Bertz CT molecular complexity index is 1400. The lowest BCUT2D eigenvalue weighted by atomic mass is 10.0. The average molecular weight is 681 g/mol. The molecule has 0 bridgehead atoms. The van der Waals surface area contributed by atoms with Crippen LogP contribution in [0.4, 0.5) is 0 Å². The summed E-state index contributed by atoms with van der Waals surface area (Å²) in [6.45, 7) is 22.8. The number of unbranched alkanes of at least 4 members (excludes halogenated alkanes) is 2. The molecule has 2 aromatic heterocycles. The third-order valence-corrected chi connectivity index (χ3v) is 8.01. The second kappa shape index (κ2) is 26.2. The fourth-order valence-electron chi connectivity index (χ4n) is 4.75. The first-order valence-electron chi connectivity index (χ1n) is 18.5. The number of aryl methyl sites for hydroxylation is 1. The molecule has 0 aliphatic heterocycles. The lowest BCUT2D eigenvalue weighted by Gasteiger charge is -2.10. The normalized spacial score (nSPS) is 13.1. The first kappa shape index (κ1) is 45.3. The van der Waals surface area contributed by atoms with Gasteiger partial charge in [-0.15, -0.1) is 6.58 Å². The van der Waals surface area contributed by atoms with Crippen molar-refractivity contribution in [1.29, 1.82) is 0 Å². The van der Waals surface area contributed by atoms with E-state index in [1.165, 1.54) is 32.1 Å². The molecule has 49 heavy (non-hydrogen) atoms. The highest BCUT2D eigenvalue weighted by Crippen LogP contribution is 2.27. The van der Waals surface area contributed by atoms with Crippen LogP contribution in [0.3, 0.4) is 0 Å². The van der Waals surface area contributed by atoms with E-state index < -0.39 is 0 Å². The number of methoxy groups -OCH3 is 1. The Morgan fingerprint density at radius 3 is 2.14 bits per heavy atom. The fourth-order valence-corrected chi connectivity index (χ4v) is 4.75. The van der Waals surface area contributed by atoms with E-state index in [2.05, 4.69) is 51.3 Å². The van der Waals surface area contributed by atoms with Crippen LogP contribution in [-0.2, 0) is 9.59 Å². The van der Waals surface area contributed by atoms with Gasteiger partial charge in [0.05, 0.1) is 18.3 Å². The highest BCUT2D eigenvalue weighted by molar-refractivity contribution is 5.84. The lowest BCUT2D eigenvalue weighted by Crippen LogP contribution is -2.16. The van der Waals surface area contributed by atoms with Crippen molar-refractivity contribution < 1.29 is 14.3 Å². The SMILES string of the molecule is C=CCCCCN(C)C=O.CC.CC(=O)C1CCCC1.CC1CC1.CCC.COc1ccc2c(=O)cc(-n3ccc(C(C)C)n3)[nH]c2c1C. The van der Waals surface area contributed by atoms with E-state index in [9.17, 15) is 14.4 Å². The lowest BCUT2D eigenvalue weighted by molar-refractivity contribution is -0.120. The van der Waals surface area contributed by atoms with E-state index in [0.29, 0.717) is 28.8 Å². The van der Waals surface area contributed by atoms with Gasteiger partial charge < -0.3 is 14.6 Å². The van der Waals surface area contributed by atoms with E-state index in [1.807, 2.05) is 45.2 Å². The number of carbonyl (C=O) groups excluding carboxylic acids is 2. The van der Waals surface area contributed by atoms with Crippen LogP contribution in [0.5, 0.6) is 5.75 Å². The van der Waals surface area contributed by atoms with Crippen LogP contribution in [0.15, 0.2) is 47.9 Å². The summed E-state index contributed by atoms with van der Waals surface area (Å²) in [5, 5.41) is 5.17. The molecule has 0 atom stereocenters. The molecule has 5 rings (SSSR count). The van der Waals surface area contributed by atoms with E-state index in [1.54, 1.807) is 42.8 Å². The number of fused-ring (bicyclic) bond motifs is 1. The standard InChI is InChI=1S/C17H19N3O2.C8H15NO.C7H12O.C4H8.C3H8.C2H6/c1-10(2)13-7-8-20(19-13)16-9-14(21)12-5-6-15(22-4)11(3)17(12)18-16;1-3-4-5-6-7-9(2)8-10;1-6(8)7-4-2-3-5-7;1-4-2-3-4;1-3-2;1-2/h5-10H,1-4H3,(H,18,21);3,8H,1,4-7H2,2H3;7H,2-5H2,1H3;4H,2-3H2,1H3;3H2,1-2H3;1-2H3. The molecule has 0 spiro atoms. The summed E-state index contributed by atoms with van der Waals surface area (Å²) < 4.78 is 7.03. The molecule has 8 heteroatoms. The van der Waals surface area contributed by atoms with Crippen molar-refractivity contribution in [2.45, 2.75) is 132 Å². The number of pyridine rings is 1. The number of H-pyrrole nitrogens is 1. The number of rotatable bonds is 10. The second-order valence-corrected chi connectivity index (χ2v) is 13.0. The molecule has 0 radical (unpaired) electrons. The molecule has 276 valence electrons. The number of aromatic amines is 1. The molecule has 1 amide bonds. The van der Waals surface area contributed by atoms with Crippen molar-refractivity contribution in [3.63, 3.8) is 0 Å². The molecular formula is C41H68N4O4. The number of ether oxygens (including phenoxy) is 1. The van der Waals surface area contributed by atoms with Crippen LogP contribution in [0.2, 0.25) is 0 Å². The number of hydrogen-bond donors (Lipinski definition) is 1. The summed E-state index contributed by atoms with van der Waals surface area (Å²) in [6.07, 6.45) is 16.9. The number of Topliss-reactive ketones (excluding diaryl/α,β-unsaturated/α-hetero) is 1.